The smallest absolute Gasteiger partial charge is 0.185 e. The number of ether oxygens (including phenoxy) is 2. The van der Waals surface area contributed by atoms with Gasteiger partial charge >= 0.3 is 0 Å². The molecule has 2 aromatic heterocycles. The number of thiophene rings is 1. The second-order valence-corrected chi connectivity index (χ2v) is 8.02. The Bertz CT molecular complexity index is 605. The lowest BCUT2D eigenvalue weighted by Crippen LogP contribution is -2.58. The summed E-state index contributed by atoms with van der Waals surface area (Å²) in [7, 11) is 0. The van der Waals surface area contributed by atoms with Crippen LogP contribution in [-0.2, 0) is 16.0 Å². The number of morpholine rings is 1. The van der Waals surface area contributed by atoms with Gasteiger partial charge in [-0.1, -0.05) is 6.07 Å². The quantitative estimate of drug-likeness (QED) is 0.848. The van der Waals surface area contributed by atoms with Gasteiger partial charge < -0.3 is 14.4 Å². The lowest BCUT2D eigenvalue weighted by atomic mass is 10.0. The monoisotopic (exact) mass is 351 g/mol. The predicted octanol–water partition coefficient (Wildman–Crippen LogP) is 2.31. The third kappa shape index (κ3) is 3.59. The Morgan fingerprint density at radius 3 is 3.00 bits per heavy atom. The van der Waals surface area contributed by atoms with Crippen LogP contribution in [0.25, 0.3) is 0 Å². The van der Waals surface area contributed by atoms with Crippen molar-refractivity contribution >= 4 is 27.8 Å². The van der Waals surface area contributed by atoms with E-state index in [9.17, 15) is 0 Å². The van der Waals surface area contributed by atoms with Gasteiger partial charge in [0, 0.05) is 42.6 Å². The molecule has 4 heterocycles. The van der Waals surface area contributed by atoms with Gasteiger partial charge in [-0.2, -0.15) is 0 Å². The summed E-state index contributed by atoms with van der Waals surface area (Å²) in [4.78, 5) is 10.7. The SMILES string of the molecule is c1csc(CN2CCO[C@@]3(COCCN(c4nccs4)C3)C2)c1. The van der Waals surface area contributed by atoms with Crippen LogP contribution in [0.2, 0.25) is 0 Å². The molecule has 0 amide bonds. The number of hydrogen-bond acceptors (Lipinski definition) is 7. The molecule has 0 aliphatic carbocycles. The Hall–Kier alpha value is -0.990. The van der Waals surface area contributed by atoms with E-state index in [-0.39, 0.29) is 5.60 Å². The van der Waals surface area contributed by atoms with Crippen molar-refractivity contribution in [3.05, 3.63) is 34.0 Å². The Labute approximate surface area is 144 Å². The normalized spacial score (nSPS) is 26.5. The lowest BCUT2D eigenvalue weighted by Gasteiger charge is -2.43. The Kier molecular flexibility index (Phi) is 4.64. The van der Waals surface area contributed by atoms with Crippen molar-refractivity contribution in [1.29, 1.82) is 0 Å². The highest BCUT2D eigenvalue weighted by Crippen LogP contribution is 2.28. The molecule has 5 nitrogen and oxygen atoms in total. The second kappa shape index (κ2) is 6.86. The summed E-state index contributed by atoms with van der Waals surface area (Å²) >= 11 is 3.50. The van der Waals surface area contributed by atoms with Gasteiger partial charge in [-0.05, 0) is 11.4 Å². The van der Waals surface area contributed by atoms with Crippen LogP contribution in [0.3, 0.4) is 0 Å². The van der Waals surface area contributed by atoms with Gasteiger partial charge in [-0.25, -0.2) is 4.98 Å². The molecule has 7 heteroatoms. The first kappa shape index (κ1) is 15.5. The van der Waals surface area contributed by atoms with Crippen LogP contribution in [-0.4, -0.2) is 61.5 Å². The molecule has 0 unspecified atom stereocenters. The van der Waals surface area contributed by atoms with Crippen molar-refractivity contribution in [2.75, 3.05) is 50.9 Å². The van der Waals surface area contributed by atoms with Crippen LogP contribution in [0, 0.1) is 0 Å². The largest absolute Gasteiger partial charge is 0.376 e. The molecule has 0 radical (unpaired) electrons. The molecule has 2 fully saturated rings. The van der Waals surface area contributed by atoms with Crippen molar-refractivity contribution in [3.63, 3.8) is 0 Å². The highest BCUT2D eigenvalue weighted by atomic mass is 32.1. The number of hydrogen-bond donors (Lipinski definition) is 0. The van der Waals surface area contributed by atoms with Gasteiger partial charge in [-0.15, -0.1) is 22.7 Å². The van der Waals surface area contributed by atoms with Crippen molar-refractivity contribution < 1.29 is 9.47 Å². The fourth-order valence-electron chi connectivity index (χ4n) is 3.31. The zero-order valence-electron chi connectivity index (χ0n) is 13.0. The third-order valence-electron chi connectivity index (χ3n) is 4.33. The molecule has 2 saturated heterocycles. The van der Waals surface area contributed by atoms with Crippen molar-refractivity contribution in [2.24, 2.45) is 0 Å². The van der Waals surface area contributed by atoms with Gasteiger partial charge in [0.25, 0.3) is 0 Å². The van der Waals surface area contributed by atoms with Crippen LogP contribution in [0.4, 0.5) is 5.13 Å². The molecular formula is C16H21N3O2S2. The van der Waals surface area contributed by atoms with Crippen LogP contribution in [0.5, 0.6) is 0 Å². The summed E-state index contributed by atoms with van der Waals surface area (Å²) in [5.41, 5.74) is -0.252. The summed E-state index contributed by atoms with van der Waals surface area (Å²) in [6, 6.07) is 4.33. The minimum Gasteiger partial charge on any atom is -0.376 e. The molecule has 2 aromatic rings. The van der Waals surface area contributed by atoms with Crippen LogP contribution >= 0.6 is 22.7 Å². The number of thiazole rings is 1. The Morgan fingerprint density at radius 2 is 2.17 bits per heavy atom. The number of anilines is 1. The van der Waals surface area contributed by atoms with E-state index >= 15 is 0 Å². The van der Waals surface area contributed by atoms with E-state index in [2.05, 4.69) is 32.3 Å². The molecule has 0 aromatic carbocycles. The average Bonchev–Trinajstić information content (AvgIpc) is 3.22. The summed E-state index contributed by atoms with van der Waals surface area (Å²) in [5.74, 6) is 0. The molecular weight excluding hydrogens is 330 g/mol. The van der Waals surface area contributed by atoms with E-state index in [1.807, 2.05) is 22.9 Å². The third-order valence-corrected chi connectivity index (χ3v) is 6.02. The maximum absolute atomic E-state index is 6.24. The Morgan fingerprint density at radius 1 is 1.17 bits per heavy atom. The summed E-state index contributed by atoms with van der Waals surface area (Å²) in [6.45, 7) is 6.78. The van der Waals surface area contributed by atoms with Gasteiger partial charge in [0.15, 0.2) is 5.13 Å². The van der Waals surface area contributed by atoms with Gasteiger partial charge in [0.1, 0.15) is 5.60 Å². The van der Waals surface area contributed by atoms with Crippen molar-refractivity contribution in [1.82, 2.24) is 9.88 Å². The fraction of sp³-hybridized carbons (Fsp3) is 0.562. The zero-order chi connectivity index (χ0) is 15.5. The van der Waals surface area contributed by atoms with E-state index in [0.29, 0.717) is 6.61 Å². The summed E-state index contributed by atoms with van der Waals surface area (Å²) in [6.07, 6.45) is 1.86. The zero-order valence-corrected chi connectivity index (χ0v) is 14.7. The number of aromatic nitrogens is 1. The number of rotatable bonds is 3. The van der Waals surface area contributed by atoms with E-state index in [1.54, 1.807) is 11.3 Å². The van der Waals surface area contributed by atoms with Crippen LogP contribution < -0.4 is 4.90 Å². The van der Waals surface area contributed by atoms with Crippen LogP contribution in [0.1, 0.15) is 4.88 Å². The molecule has 23 heavy (non-hydrogen) atoms. The first-order chi connectivity index (χ1) is 11.3. The molecule has 1 spiro atoms. The Balaban J connectivity index is 1.48. The van der Waals surface area contributed by atoms with Gasteiger partial charge in [0.05, 0.1) is 26.4 Å². The van der Waals surface area contributed by atoms with E-state index in [4.69, 9.17) is 9.47 Å². The van der Waals surface area contributed by atoms with Gasteiger partial charge in [-0.3, -0.25) is 4.90 Å². The minimum atomic E-state index is -0.252. The fourth-order valence-corrected chi connectivity index (χ4v) is 4.72. The maximum Gasteiger partial charge on any atom is 0.185 e. The maximum atomic E-state index is 6.24. The summed E-state index contributed by atoms with van der Waals surface area (Å²) in [5, 5.41) is 5.23. The topological polar surface area (TPSA) is 37.8 Å². The molecule has 2 aliphatic heterocycles. The second-order valence-electron chi connectivity index (χ2n) is 6.11. The molecule has 124 valence electrons. The molecule has 4 rings (SSSR count). The first-order valence-corrected chi connectivity index (χ1v) is 9.70. The van der Waals surface area contributed by atoms with E-state index in [1.165, 1.54) is 4.88 Å². The molecule has 0 bridgehead atoms. The standard InChI is InChI=1S/C16H21N3O2S2/c1-2-14(22-8-1)10-18-4-7-21-16(11-18)12-19(5-6-20-13-16)15-17-3-9-23-15/h1-3,8-9H,4-7,10-13H2/t16-/m0/s1. The molecule has 0 N–H and O–H groups in total. The highest BCUT2D eigenvalue weighted by molar-refractivity contribution is 7.13. The van der Waals surface area contributed by atoms with E-state index < -0.39 is 0 Å². The molecule has 2 aliphatic rings. The van der Waals surface area contributed by atoms with Crippen molar-refractivity contribution in [3.8, 4) is 0 Å². The van der Waals surface area contributed by atoms with Crippen molar-refractivity contribution in [2.45, 2.75) is 12.1 Å². The molecule has 0 saturated carbocycles. The average molecular weight is 351 g/mol. The number of nitrogens with zero attached hydrogens (tertiary/aromatic N) is 3. The van der Waals surface area contributed by atoms with Crippen LogP contribution in [0.15, 0.2) is 29.1 Å². The first-order valence-electron chi connectivity index (χ1n) is 7.94. The lowest BCUT2D eigenvalue weighted by molar-refractivity contribution is -0.134. The minimum absolute atomic E-state index is 0.252. The van der Waals surface area contributed by atoms with Gasteiger partial charge in [0.2, 0.25) is 0 Å². The van der Waals surface area contributed by atoms with E-state index in [0.717, 1.165) is 51.1 Å². The summed E-state index contributed by atoms with van der Waals surface area (Å²) < 4.78 is 12.1. The highest BCUT2D eigenvalue weighted by Gasteiger charge is 2.40. The predicted molar refractivity (Wildman–Crippen MR) is 93.4 cm³/mol. The molecule has 1 atom stereocenters.